The van der Waals surface area contributed by atoms with Crippen LogP contribution in [0.5, 0.6) is 5.75 Å². The maximum absolute atomic E-state index is 9.33. The van der Waals surface area contributed by atoms with Crippen molar-refractivity contribution in [3.63, 3.8) is 0 Å². The van der Waals surface area contributed by atoms with Gasteiger partial charge in [0.2, 0.25) is 0 Å². The minimum atomic E-state index is -4.67. The summed E-state index contributed by atoms with van der Waals surface area (Å²) in [5.74, 6) is 0.288. The van der Waals surface area contributed by atoms with Gasteiger partial charge in [-0.2, -0.15) is 8.42 Å². The van der Waals surface area contributed by atoms with Crippen LogP contribution in [0.2, 0.25) is 0 Å². The normalized spacial score (nSPS) is 10.6. The lowest BCUT2D eigenvalue weighted by Crippen LogP contribution is -1.89. The van der Waals surface area contributed by atoms with E-state index in [1.165, 1.54) is 0 Å². The molecule has 0 saturated carbocycles. The molecule has 86 valence electrons. The van der Waals surface area contributed by atoms with Crippen LogP contribution < -0.4 is 0 Å². The number of hydrogen-bond donors (Lipinski definition) is 3. The molecule has 0 saturated heterocycles. The number of benzene rings is 1. The van der Waals surface area contributed by atoms with E-state index < -0.39 is 10.4 Å². The highest BCUT2D eigenvalue weighted by atomic mass is 32.3. The van der Waals surface area contributed by atoms with Gasteiger partial charge in [-0.3, -0.25) is 14.1 Å². The highest BCUT2D eigenvalue weighted by Gasteiger charge is 1.95. The summed E-state index contributed by atoms with van der Waals surface area (Å²) in [5.41, 5.74) is 0.826. The Morgan fingerprint density at radius 1 is 1.06 bits per heavy atom. The predicted octanol–water partition coefficient (Wildman–Crippen LogP) is 1.29. The van der Waals surface area contributed by atoms with Crippen LogP contribution in [0.1, 0.15) is 0 Å². The average molecular weight is 243 g/mol. The topological polar surface area (TPSA) is 108 Å². The van der Waals surface area contributed by atoms with Crippen molar-refractivity contribution in [1.82, 2.24) is 4.98 Å². The number of fused-ring (bicyclic) bond motifs is 1. The highest BCUT2D eigenvalue weighted by molar-refractivity contribution is 7.79. The first-order chi connectivity index (χ1) is 7.38. The van der Waals surface area contributed by atoms with Crippen molar-refractivity contribution < 1.29 is 22.6 Å². The SMILES string of the molecule is O=S(=O)(O)O.Oc1cccc2ncccc12. The zero-order valence-corrected chi connectivity index (χ0v) is 8.79. The van der Waals surface area contributed by atoms with Crippen LogP contribution in [0.15, 0.2) is 36.5 Å². The van der Waals surface area contributed by atoms with E-state index >= 15 is 0 Å². The van der Waals surface area contributed by atoms with Crippen LogP contribution >= 0.6 is 0 Å². The molecule has 7 heteroatoms. The minimum Gasteiger partial charge on any atom is -0.507 e. The van der Waals surface area contributed by atoms with Crippen molar-refractivity contribution in [2.45, 2.75) is 0 Å². The number of aromatic hydroxyl groups is 1. The molecule has 0 spiro atoms. The molecule has 2 rings (SSSR count). The van der Waals surface area contributed by atoms with E-state index in [1.54, 1.807) is 18.3 Å². The molecule has 0 amide bonds. The fourth-order valence-corrected chi connectivity index (χ4v) is 1.09. The molecule has 16 heavy (non-hydrogen) atoms. The van der Waals surface area contributed by atoms with Crippen molar-refractivity contribution in [3.05, 3.63) is 36.5 Å². The van der Waals surface area contributed by atoms with E-state index in [1.807, 2.05) is 18.2 Å². The first-order valence-electron chi connectivity index (χ1n) is 4.10. The van der Waals surface area contributed by atoms with Gasteiger partial charge in [0.15, 0.2) is 0 Å². The average Bonchev–Trinajstić information content (AvgIpc) is 2.16. The first-order valence-corrected chi connectivity index (χ1v) is 5.50. The number of phenolic OH excluding ortho intramolecular Hbond substituents is 1. The molecule has 0 aliphatic carbocycles. The zero-order valence-electron chi connectivity index (χ0n) is 7.98. The molecule has 0 atom stereocenters. The molecule has 6 nitrogen and oxygen atoms in total. The van der Waals surface area contributed by atoms with E-state index in [-0.39, 0.29) is 5.75 Å². The van der Waals surface area contributed by atoms with E-state index in [4.69, 9.17) is 17.5 Å². The smallest absolute Gasteiger partial charge is 0.394 e. The van der Waals surface area contributed by atoms with Gasteiger partial charge in [-0.1, -0.05) is 6.07 Å². The molecule has 0 aliphatic rings. The maximum Gasteiger partial charge on any atom is 0.394 e. The Balaban J connectivity index is 0.000000221. The number of nitrogens with zero attached hydrogens (tertiary/aromatic N) is 1. The van der Waals surface area contributed by atoms with Crippen LogP contribution in [0.25, 0.3) is 10.9 Å². The van der Waals surface area contributed by atoms with E-state index in [2.05, 4.69) is 4.98 Å². The molecule has 0 radical (unpaired) electrons. The third-order valence-corrected chi connectivity index (χ3v) is 1.62. The number of aromatic nitrogens is 1. The predicted molar refractivity (Wildman–Crippen MR) is 57.6 cm³/mol. The largest absolute Gasteiger partial charge is 0.507 e. The van der Waals surface area contributed by atoms with Gasteiger partial charge in [0.25, 0.3) is 0 Å². The van der Waals surface area contributed by atoms with Crippen LogP contribution in [-0.4, -0.2) is 27.6 Å². The summed E-state index contributed by atoms with van der Waals surface area (Å²) in [6, 6.07) is 8.96. The van der Waals surface area contributed by atoms with Gasteiger partial charge in [-0.15, -0.1) is 0 Å². The Bertz CT molecular complexity index is 568. The molecule has 3 N–H and O–H groups in total. The van der Waals surface area contributed by atoms with Crippen molar-refractivity contribution in [3.8, 4) is 5.75 Å². The molecule has 0 fully saturated rings. The Morgan fingerprint density at radius 2 is 1.69 bits per heavy atom. The summed E-state index contributed by atoms with van der Waals surface area (Å²) in [6.45, 7) is 0. The Morgan fingerprint density at radius 3 is 2.25 bits per heavy atom. The minimum absolute atomic E-state index is 0.288. The van der Waals surface area contributed by atoms with E-state index in [9.17, 15) is 5.11 Å². The second-order valence-electron chi connectivity index (χ2n) is 2.80. The van der Waals surface area contributed by atoms with Crippen molar-refractivity contribution in [2.75, 3.05) is 0 Å². The van der Waals surface area contributed by atoms with Crippen LogP contribution in [0.3, 0.4) is 0 Å². The lowest BCUT2D eigenvalue weighted by atomic mass is 10.2. The molecule has 2 aromatic rings. The molecule has 0 bridgehead atoms. The van der Waals surface area contributed by atoms with Gasteiger partial charge < -0.3 is 5.11 Å². The quantitative estimate of drug-likeness (QED) is 0.602. The van der Waals surface area contributed by atoms with Gasteiger partial charge in [0.05, 0.1) is 5.52 Å². The second kappa shape index (κ2) is 4.88. The van der Waals surface area contributed by atoms with Crippen molar-refractivity contribution >= 4 is 21.3 Å². The van der Waals surface area contributed by atoms with Crippen molar-refractivity contribution in [1.29, 1.82) is 0 Å². The van der Waals surface area contributed by atoms with E-state index in [0.717, 1.165) is 10.9 Å². The van der Waals surface area contributed by atoms with Crippen LogP contribution in [-0.2, 0) is 10.4 Å². The zero-order chi connectivity index (χ0) is 12.2. The van der Waals surface area contributed by atoms with Gasteiger partial charge in [0.1, 0.15) is 5.75 Å². The molecule has 1 aromatic carbocycles. The number of phenols is 1. The Labute approximate surface area is 91.8 Å². The molecular weight excluding hydrogens is 234 g/mol. The lowest BCUT2D eigenvalue weighted by Gasteiger charge is -1.96. The van der Waals surface area contributed by atoms with Gasteiger partial charge >= 0.3 is 10.4 Å². The van der Waals surface area contributed by atoms with Gasteiger partial charge in [0, 0.05) is 11.6 Å². The highest BCUT2D eigenvalue weighted by Crippen LogP contribution is 2.21. The number of hydrogen-bond acceptors (Lipinski definition) is 4. The van der Waals surface area contributed by atoms with Crippen LogP contribution in [0, 0.1) is 0 Å². The third kappa shape index (κ3) is 4.22. The van der Waals surface area contributed by atoms with Crippen LogP contribution in [0.4, 0.5) is 0 Å². The Kier molecular flexibility index (Phi) is 3.78. The monoisotopic (exact) mass is 243 g/mol. The fourth-order valence-electron chi connectivity index (χ4n) is 1.09. The lowest BCUT2D eigenvalue weighted by molar-refractivity contribution is 0.381. The molecule has 1 heterocycles. The number of rotatable bonds is 0. The number of pyridine rings is 1. The fraction of sp³-hybridized carbons (Fsp3) is 0. The van der Waals surface area contributed by atoms with Gasteiger partial charge in [-0.05, 0) is 24.3 Å². The van der Waals surface area contributed by atoms with Crippen molar-refractivity contribution in [2.24, 2.45) is 0 Å². The summed E-state index contributed by atoms with van der Waals surface area (Å²) in [6.07, 6.45) is 1.71. The van der Waals surface area contributed by atoms with Gasteiger partial charge in [-0.25, -0.2) is 0 Å². The summed E-state index contributed by atoms with van der Waals surface area (Å²) < 4.78 is 31.6. The summed E-state index contributed by atoms with van der Waals surface area (Å²) >= 11 is 0. The summed E-state index contributed by atoms with van der Waals surface area (Å²) in [7, 11) is -4.67. The van der Waals surface area contributed by atoms with E-state index in [0.29, 0.717) is 0 Å². The molecule has 0 aliphatic heterocycles. The molecular formula is C9H9NO5S. The summed E-state index contributed by atoms with van der Waals surface area (Å²) in [5, 5.41) is 10.1. The Hall–Kier alpha value is -1.70. The second-order valence-corrected chi connectivity index (χ2v) is 3.69. The molecule has 1 aromatic heterocycles. The molecule has 0 unspecified atom stereocenters. The standard InChI is InChI=1S/C9H7NO.H2O4S/c11-9-5-1-4-8-7(9)3-2-6-10-8;1-5(2,3)4/h1-6,11H;(H2,1,2,3,4). The first kappa shape index (κ1) is 12.4. The summed E-state index contributed by atoms with van der Waals surface area (Å²) in [4.78, 5) is 4.08. The third-order valence-electron chi connectivity index (χ3n) is 1.62. The maximum atomic E-state index is 9.33.